The Bertz CT molecular complexity index is 885. The van der Waals surface area contributed by atoms with Gasteiger partial charge in [-0.2, -0.15) is 0 Å². The number of nitrogens with one attached hydrogen (secondary N) is 3. The smallest absolute Gasteiger partial charge is 0.173 e. The van der Waals surface area contributed by atoms with Gasteiger partial charge in [0.05, 0.1) is 25.6 Å². The van der Waals surface area contributed by atoms with E-state index >= 15 is 0 Å². The van der Waals surface area contributed by atoms with Crippen molar-refractivity contribution in [3.05, 3.63) is 48.5 Å². The summed E-state index contributed by atoms with van der Waals surface area (Å²) in [6.07, 6.45) is 0. The second-order valence-electron chi connectivity index (χ2n) is 7.04. The number of hydrogen-bond donors (Lipinski definition) is 3. The molecular formula is C22H29N5O2S2. The molecule has 3 N–H and O–H groups in total. The lowest BCUT2D eigenvalue weighted by atomic mass is 10.3. The Kier molecular flexibility index (Phi) is 8.69. The number of piperazine rings is 1. The van der Waals surface area contributed by atoms with Crippen molar-refractivity contribution in [2.45, 2.75) is 0 Å². The zero-order valence-corrected chi connectivity index (χ0v) is 19.5. The molecule has 0 amide bonds. The maximum Gasteiger partial charge on any atom is 0.173 e. The Morgan fingerprint density at radius 2 is 1.39 bits per heavy atom. The second kappa shape index (κ2) is 11.7. The Balaban J connectivity index is 1.37. The van der Waals surface area contributed by atoms with Gasteiger partial charge >= 0.3 is 0 Å². The Morgan fingerprint density at radius 3 is 1.97 bits per heavy atom. The minimum Gasteiger partial charge on any atom is -0.495 e. The summed E-state index contributed by atoms with van der Waals surface area (Å²) in [5.41, 5.74) is 1.74. The van der Waals surface area contributed by atoms with Crippen LogP contribution in [0.1, 0.15) is 0 Å². The van der Waals surface area contributed by atoms with Gasteiger partial charge in [-0.3, -0.25) is 4.90 Å². The molecule has 0 saturated carbocycles. The van der Waals surface area contributed by atoms with Crippen molar-refractivity contribution in [2.75, 3.05) is 64.1 Å². The third-order valence-corrected chi connectivity index (χ3v) is 5.68. The topological polar surface area (TPSA) is 61.0 Å². The van der Waals surface area contributed by atoms with E-state index < -0.39 is 0 Å². The number of hydrogen-bond acceptors (Lipinski definition) is 5. The van der Waals surface area contributed by atoms with E-state index in [-0.39, 0.29) is 0 Å². The summed E-state index contributed by atoms with van der Waals surface area (Å²) >= 11 is 11.0. The number of benzene rings is 2. The van der Waals surface area contributed by atoms with Crippen LogP contribution in [-0.2, 0) is 0 Å². The van der Waals surface area contributed by atoms with E-state index in [1.807, 2.05) is 48.5 Å². The van der Waals surface area contributed by atoms with Crippen LogP contribution in [0.25, 0.3) is 0 Å². The summed E-state index contributed by atoms with van der Waals surface area (Å²) in [6, 6.07) is 15.5. The molecule has 0 spiro atoms. The first kappa shape index (κ1) is 23.1. The summed E-state index contributed by atoms with van der Waals surface area (Å²) in [7, 11) is 3.31. The zero-order chi connectivity index (χ0) is 22.1. The fraction of sp³-hybridized carbons (Fsp3) is 0.364. The van der Waals surface area contributed by atoms with E-state index in [0.29, 0.717) is 5.11 Å². The molecule has 166 valence electrons. The summed E-state index contributed by atoms with van der Waals surface area (Å²) in [5.74, 6) is 1.55. The number of thiocarbonyl (C=S) groups is 2. The molecule has 0 unspecified atom stereocenters. The average Bonchev–Trinajstić information content (AvgIpc) is 2.80. The molecule has 1 aliphatic rings. The highest BCUT2D eigenvalue weighted by Crippen LogP contribution is 2.24. The third-order valence-electron chi connectivity index (χ3n) is 5.08. The van der Waals surface area contributed by atoms with Crippen LogP contribution in [0.3, 0.4) is 0 Å². The van der Waals surface area contributed by atoms with Gasteiger partial charge < -0.3 is 30.3 Å². The van der Waals surface area contributed by atoms with Gasteiger partial charge in [0.25, 0.3) is 0 Å². The van der Waals surface area contributed by atoms with E-state index in [1.165, 1.54) is 0 Å². The maximum absolute atomic E-state index is 5.60. The summed E-state index contributed by atoms with van der Waals surface area (Å²) in [6.45, 7) is 5.33. The molecule has 31 heavy (non-hydrogen) atoms. The van der Waals surface area contributed by atoms with Crippen molar-refractivity contribution in [3.8, 4) is 11.5 Å². The van der Waals surface area contributed by atoms with Gasteiger partial charge in [0, 0.05) is 39.3 Å². The van der Waals surface area contributed by atoms with Crippen LogP contribution in [0.15, 0.2) is 48.5 Å². The van der Waals surface area contributed by atoms with Gasteiger partial charge in [-0.05, 0) is 48.7 Å². The van der Waals surface area contributed by atoms with Crippen LogP contribution < -0.4 is 25.4 Å². The molecule has 0 atom stereocenters. The summed E-state index contributed by atoms with van der Waals surface area (Å²) in [4.78, 5) is 4.60. The zero-order valence-electron chi connectivity index (χ0n) is 17.9. The quantitative estimate of drug-likeness (QED) is 0.543. The molecule has 2 aromatic rings. The molecule has 3 rings (SSSR count). The Hall–Kier alpha value is -2.62. The fourth-order valence-corrected chi connectivity index (χ4v) is 3.86. The van der Waals surface area contributed by atoms with Crippen molar-refractivity contribution in [1.29, 1.82) is 0 Å². The van der Waals surface area contributed by atoms with Crippen LogP contribution in [0.4, 0.5) is 11.4 Å². The second-order valence-corrected chi connectivity index (χ2v) is 7.84. The van der Waals surface area contributed by atoms with Gasteiger partial charge in [0.1, 0.15) is 11.5 Å². The number of anilines is 2. The molecule has 2 aromatic carbocycles. The summed E-state index contributed by atoms with van der Waals surface area (Å²) in [5, 5.41) is 11.1. The molecule has 7 nitrogen and oxygen atoms in total. The highest BCUT2D eigenvalue weighted by Gasteiger charge is 2.19. The maximum atomic E-state index is 5.60. The van der Waals surface area contributed by atoms with Crippen LogP contribution >= 0.6 is 24.4 Å². The molecular weight excluding hydrogens is 430 g/mol. The van der Waals surface area contributed by atoms with Gasteiger partial charge in [-0.25, -0.2) is 0 Å². The minimum absolute atomic E-state index is 0.588. The van der Waals surface area contributed by atoms with Crippen molar-refractivity contribution in [3.63, 3.8) is 0 Å². The fourth-order valence-electron chi connectivity index (χ4n) is 3.36. The van der Waals surface area contributed by atoms with Crippen molar-refractivity contribution in [1.82, 2.24) is 15.1 Å². The van der Waals surface area contributed by atoms with Gasteiger partial charge in [-0.1, -0.05) is 24.3 Å². The van der Waals surface area contributed by atoms with Crippen molar-refractivity contribution < 1.29 is 9.47 Å². The van der Waals surface area contributed by atoms with Crippen molar-refractivity contribution >= 4 is 46.0 Å². The Labute approximate surface area is 194 Å². The summed E-state index contributed by atoms with van der Waals surface area (Å²) < 4.78 is 10.7. The molecule has 0 aromatic heterocycles. The number of ether oxygens (including phenoxy) is 2. The predicted octanol–water partition coefficient (Wildman–Crippen LogP) is 3.00. The molecule has 1 aliphatic heterocycles. The number of nitrogens with zero attached hydrogens (tertiary/aromatic N) is 2. The number of rotatable bonds is 7. The molecule has 1 saturated heterocycles. The molecule has 0 bridgehead atoms. The first-order valence-corrected chi connectivity index (χ1v) is 11.0. The first-order valence-electron chi connectivity index (χ1n) is 10.2. The predicted molar refractivity (Wildman–Crippen MR) is 134 cm³/mol. The lowest BCUT2D eigenvalue weighted by Gasteiger charge is -2.36. The SMILES string of the molecule is COc1ccccc1NC(=S)NCCN1CCN(C(=S)Nc2ccccc2OC)CC1. The van der Waals surface area contributed by atoms with Crippen LogP contribution in [0, 0.1) is 0 Å². The van der Waals surface area contributed by atoms with E-state index in [4.69, 9.17) is 33.9 Å². The lowest BCUT2D eigenvalue weighted by molar-refractivity contribution is 0.186. The van der Waals surface area contributed by atoms with E-state index in [0.717, 1.165) is 67.3 Å². The molecule has 1 heterocycles. The average molecular weight is 460 g/mol. The van der Waals surface area contributed by atoms with E-state index in [9.17, 15) is 0 Å². The van der Waals surface area contributed by atoms with E-state index in [1.54, 1.807) is 14.2 Å². The minimum atomic E-state index is 0.588. The van der Waals surface area contributed by atoms with Crippen molar-refractivity contribution in [2.24, 2.45) is 0 Å². The number of para-hydroxylation sites is 4. The van der Waals surface area contributed by atoms with Crippen LogP contribution in [0.5, 0.6) is 11.5 Å². The molecule has 9 heteroatoms. The molecule has 0 radical (unpaired) electrons. The highest BCUT2D eigenvalue weighted by atomic mass is 32.1. The van der Waals surface area contributed by atoms with Crippen LogP contribution in [-0.4, -0.2) is 73.5 Å². The third kappa shape index (κ3) is 6.68. The Morgan fingerprint density at radius 1 is 0.839 bits per heavy atom. The van der Waals surface area contributed by atoms with Gasteiger partial charge in [0.2, 0.25) is 0 Å². The van der Waals surface area contributed by atoms with Gasteiger partial charge in [0.15, 0.2) is 10.2 Å². The largest absolute Gasteiger partial charge is 0.495 e. The monoisotopic (exact) mass is 459 g/mol. The normalized spacial score (nSPS) is 13.9. The van der Waals surface area contributed by atoms with E-state index in [2.05, 4.69) is 25.8 Å². The highest BCUT2D eigenvalue weighted by molar-refractivity contribution is 7.80. The molecule has 0 aliphatic carbocycles. The van der Waals surface area contributed by atoms with Crippen LogP contribution in [0.2, 0.25) is 0 Å². The molecule has 1 fully saturated rings. The lowest BCUT2D eigenvalue weighted by Crippen LogP contribution is -2.51. The standard InChI is InChI=1S/C22H29N5O2S2/c1-28-19-9-5-3-7-17(19)24-21(30)23-11-12-26-13-15-27(16-14-26)22(31)25-18-8-4-6-10-20(18)29-2/h3-10H,11-16H2,1-2H3,(H,25,31)(H2,23,24,30). The first-order chi connectivity index (χ1) is 15.1. The van der Waals surface area contributed by atoms with Gasteiger partial charge in [-0.15, -0.1) is 0 Å². The number of methoxy groups -OCH3 is 2.